The Labute approximate surface area is 182 Å². The van der Waals surface area contributed by atoms with Gasteiger partial charge in [-0.1, -0.05) is 32.0 Å². The van der Waals surface area contributed by atoms with E-state index in [0.29, 0.717) is 11.2 Å². The Hall–Kier alpha value is -2.57. The summed E-state index contributed by atoms with van der Waals surface area (Å²) in [4.78, 5) is 8.45. The van der Waals surface area contributed by atoms with E-state index in [0.717, 1.165) is 11.8 Å². The van der Waals surface area contributed by atoms with E-state index in [9.17, 15) is 16.8 Å². The molecule has 168 valence electrons. The third-order valence-corrected chi connectivity index (χ3v) is 7.02. The van der Waals surface area contributed by atoms with E-state index in [1.807, 2.05) is 13.8 Å². The van der Waals surface area contributed by atoms with Gasteiger partial charge in [-0.15, -0.1) is 0 Å². The van der Waals surface area contributed by atoms with Crippen molar-refractivity contribution < 1.29 is 16.8 Å². The fourth-order valence-electron chi connectivity index (χ4n) is 3.02. The molecule has 31 heavy (non-hydrogen) atoms. The van der Waals surface area contributed by atoms with Crippen LogP contribution in [-0.2, 0) is 26.4 Å². The Morgan fingerprint density at radius 2 is 1.71 bits per heavy atom. The molecule has 3 aromatic rings. The first-order valence-electron chi connectivity index (χ1n) is 9.70. The standard InChI is InChI=1S/C19H26N6O4S2/c1-12(2)15-11-21-25-17(15)22-19(30(5,26)27)23-18(25)20-10-14-8-6-7-9-16(14)31(28,29)24-13(3)4/h6-9,11-13,24H,10H2,1-5H3,(H,20,22,23). The van der Waals surface area contributed by atoms with Gasteiger partial charge in [0.15, 0.2) is 5.65 Å². The van der Waals surface area contributed by atoms with Gasteiger partial charge in [-0.2, -0.15) is 19.6 Å². The number of hydrogen-bond donors (Lipinski definition) is 2. The zero-order valence-electron chi connectivity index (χ0n) is 18.0. The first-order valence-corrected chi connectivity index (χ1v) is 13.1. The quantitative estimate of drug-likeness (QED) is 0.514. The fourth-order valence-corrected chi connectivity index (χ4v) is 5.02. The van der Waals surface area contributed by atoms with E-state index in [1.54, 1.807) is 38.2 Å². The highest BCUT2D eigenvalue weighted by Gasteiger charge is 2.22. The normalized spacial score (nSPS) is 12.7. The van der Waals surface area contributed by atoms with Crippen molar-refractivity contribution in [2.45, 2.75) is 56.3 Å². The van der Waals surface area contributed by atoms with Gasteiger partial charge in [0, 0.05) is 24.4 Å². The van der Waals surface area contributed by atoms with Crippen LogP contribution in [0.15, 0.2) is 40.5 Å². The van der Waals surface area contributed by atoms with E-state index in [2.05, 4.69) is 25.1 Å². The molecule has 0 amide bonds. The highest BCUT2D eigenvalue weighted by Crippen LogP contribution is 2.23. The predicted octanol–water partition coefficient (Wildman–Crippen LogP) is 1.95. The summed E-state index contributed by atoms with van der Waals surface area (Å²) in [6.07, 6.45) is 2.66. The van der Waals surface area contributed by atoms with Crippen molar-refractivity contribution in [2.24, 2.45) is 0 Å². The van der Waals surface area contributed by atoms with Crippen LogP contribution in [0.4, 0.5) is 5.95 Å². The molecule has 0 spiro atoms. The Morgan fingerprint density at radius 3 is 2.32 bits per heavy atom. The van der Waals surface area contributed by atoms with Crippen LogP contribution in [0.5, 0.6) is 0 Å². The summed E-state index contributed by atoms with van der Waals surface area (Å²) >= 11 is 0. The highest BCUT2D eigenvalue weighted by atomic mass is 32.2. The number of hydrogen-bond acceptors (Lipinski definition) is 8. The number of sulfone groups is 1. The number of sulfonamides is 1. The number of fused-ring (bicyclic) bond motifs is 1. The van der Waals surface area contributed by atoms with Crippen LogP contribution in [0.2, 0.25) is 0 Å². The van der Waals surface area contributed by atoms with Gasteiger partial charge in [-0.3, -0.25) is 0 Å². The molecule has 10 nitrogen and oxygen atoms in total. The minimum absolute atomic E-state index is 0.0700. The van der Waals surface area contributed by atoms with Crippen molar-refractivity contribution in [1.82, 2.24) is 24.3 Å². The molecule has 0 aliphatic carbocycles. The summed E-state index contributed by atoms with van der Waals surface area (Å²) in [6, 6.07) is 6.31. The van der Waals surface area contributed by atoms with Crippen LogP contribution >= 0.6 is 0 Å². The first-order chi connectivity index (χ1) is 14.4. The molecular formula is C19H26N6O4S2. The maximum Gasteiger partial charge on any atom is 0.252 e. The van der Waals surface area contributed by atoms with Crippen LogP contribution in [-0.4, -0.2) is 48.7 Å². The molecule has 0 aliphatic rings. The summed E-state index contributed by atoms with van der Waals surface area (Å²) in [5.74, 6) is 0.224. The molecule has 2 heterocycles. The van der Waals surface area contributed by atoms with Gasteiger partial charge in [0.25, 0.3) is 5.16 Å². The first kappa shape index (κ1) is 23.1. The number of nitrogens with one attached hydrogen (secondary N) is 2. The number of anilines is 1. The molecule has 2 aromatic heterocycles. The number of rotatable bonds is 8. The third kappa shape index (κ3) is 5.02. The van der Waals surface area contributed by atoms with Crippen LogP contribution in [0.3, 0.4) is 0 Å². The Morgan fingerprint density at radius 1 is 1.03 bits per heavy atom. The lowest BCUT2D eigenvalue weighted by Crippen LogP contribution is -2.31. The zero-order chi connectivity index (χ0) is 23.0. The molecule has 0 fully saturated rings. The summed E-state index contributed by atoms with van der Waals surface area (Å²) in [5.41, 5.74) is 1.66. The molecule has 3 rings (SSSR count). The predicted molar refractivity (Wildman–Crippen MR) is 117 cm³/mol. The molecule has 0 saturated carbocycles. The molecule has 2 N–H and O–H groups in total. The van der Waals surface area contributed by atoms with Gasteiger partial charge in [-0.05, 0) is 31.4 Å². The molecule has 0 bridgehead atoms. The smallest absolute Gasteiger partial charge is 0.252 e. The summed E-state index contributed by atoms with van der Waals surface area (Å²) in [7, 11) is -7.39. The minimum Gasteiger partial charge on any atom is -0.350 e. The van der Waals surface area contributed by atoms with E-state index in [1.165, 1.54) is 10.6 Å². The molecule has 0 atom stereocenters. The minimum atomic E-state index is -3.72. The lowest BCUT2D eigenvalue weighted by atomic mass is 10.1. The Bertz CT molecular complexity index is 1310. The SMILES string of the molecule is CC(C)NS(=O)(=O)c1ccccc1CNc1nc(S(C)(=O)=O)nc2c(C(C)C)cnn12. The van der Waals surface area contributed by atoms with Gasteiger partial charge in [0.05, 0.1) is 11.1 Å². The molecule has 0 aliphatic heterocycles. The zero-order valence-corrected chi connectivity index (χ0v) is 19.6. The summed E-state index contributed by atoms with van der Waals surface area (Å²) < 4.78 is 53.6. The second-order valence-corrected chi connectivity index (χ2v) is 11.4. The van der Waals surface area contributed by atoms with Crippen molar-refractivity contribution in [2.75, 3.05) is 11.6 Å². The van der Waals surface area contributed by atoms with Gasteiger partial charge >= 0.3 is 0 Å². The largest absolute Gasteiger partial charge is 0.350 e. The topological polar surface area (TPSA) is 135 Å². The second-order valence-electron chi connectivity index (χ2n) is 7.83. The van der Waals surface area contributed by atoms with E-state index >= 15 is 0 Å². The highest BCUT2D eigenvalue weighted by molar-refractivity contribution is 7.90. The van der Waals surface area contributed by atoms with Crippen LogP contribution in [0, 0.1) is 0 Å². The molecular weight excluding hydrogens is 440 g/mol. The molecule has 0 unspecified atom stereocenters. The van der Waals surface area contributed by atoms with Crippen LogP contribution in [0.1, 0.15) is 44.7 Å². The van der Waals surface area contributed by atoms with E-state index < -0.39 is 19.9 Å². The van der Waals surface area contributed by atoms with Gasteiger partial charge in [-0.25, -0.2) is 21.6 Å². The lowest BCUT2D eigenvalue weighted by Gasteiger charge is -2.15. The Balaban J connectivity index is 2.04. The average Bonchev–Trinajstić information content (AvgIpc) is 3.09. The van der Waals surface area contributed by atoms with Gasteiger partial charge < -0.3 is 5.32 Å². The average molecular weight is 467 g/mol. The second kappa shape index (κ2) is 8.52. The monoisotopic (exact) mass is 466 g/mol. The van der Waals surface area contributed by atoms with Gasteiger partial charge in [0.2, 0.25) is 25.8 Å². The van der Waals surface area contributed by atoms with Gasteiger partial charge in [0.1, 0.15) is 0 Å². The maximum absolute atomic E-state index is 12.7. The van der Waals surface area contributed by atoms with Crippen LogP contribution < -0.4 is 10.0 Å². The summed E-state index contributed by atoms with van der Waals surface area (Å²) in [6.45, 7) is 7.48. The molecule has 1 aromatic carbocycles. The fraction of sp³-hybridized carbons (Fsp3) is 0.421. The van der Waals surface area contributed by atoms with Crippen molar-refractivity contribution in [3.63, 3.8) is 0 Å². The number of benzene rings is 1. The molecule has 0 radical (unpaired) electrons. The number of nitrogens with zero attached hydrogens (tertiary/aromatic N) is 4. The van der Waals surface area contributed by atoms with Crippen molar-refractivity contribution in [1.29, 1.82) is 0 Å². The lowest BCUT2D eigenvalue weighted by molar-refractivity contribution is 0.568. The van der Waals surface area contributed by atoms with Crippen molar-refractivity contribution >= 4 is 31.5 Å². The third-order valence-electron chi connectivity index (χ3n) is 4.42. The Kier molecular flexibility index (Phi) is 6.35. The van der Waals surface area contributed by atoms with Crippen molar-refractivity contribution in [3.05, 3.63) is 41.6 Å². The van der Waals surface area contributed by atoms with E-state index in [-0.39, 0.29) is 34.5 Å². The van der Waals surface area contributed by atoms with E-state index in [4.69, 9.17) is 0 Å². The van der Waals surface area contributed by atoms with Crippen molar-refractivity contribution in [3.8, 4) is 0 Å². The molecule has 12 heteroatoms. The number of aromatic nitrogens is 4. The van der Waals surface area contributed by atoms with Crippen LogP contribution in [0.25, 0.3) is 5.65 Å². The summed E-state index contributed by atoms with van der Waals surface area (Å²) in [5, 5.41) is 6.99. The molecule has 0 saturated heterocycles. The maximum atomic E-state index is 12.7.